The largest absolute Gasteiger partial charge is 0.459 e. The van der Waals surface area contributed by atoms with Crippen molar-refractivity contribution in [2.75, 3.05) is 19.8 Å². The maximum atomic E-state index is 13.7. The van der Waals surface area contributed by atoms with Gasteiger partial charge >= 0.3 is 5.97 Å². The van der Waals surface area contributed by atoms with Crippen LogP contribution in [0.15, 0.2) is 54.6 Å². The predicted molar refractivity (Wildman–Crippen MR) is 127 cm³/mol. The smallest absolute Gasteiger partial charge is 0.319 e. The molecule has 0 aliphatic carbocycles. The fourth-order valence-corrected chi connectivity index (χ4v) is 3.36. The van der Waals surface area contributed by atoms with Crippen LogP contribution in [0.2, 0.25) is 0 Å². The summed E-state index contributed by atoms with van der Waals surface area (Å²) in [4.78, 5) is 13.7. The third-order valence-electron chi connectivity index (χ3n) is 5.22. The Bertz CT molecular complexity index is 854. The van der Waals surface area contributed by atoms with Crippen LogP contribution in [-0.4, -0.2) is 42.1 Å². The first-order chi connectivity index (χ1) is 15.0. The highest BCUT2D eigenvalue weighted by atomic mass is 16.6. The van der Waals surface area contributed by atoms with E-state index in [1.165, 1.54) is 0 Å². The van der Waals surface area contributed by atoms with E-state index < -0.39 is 16.6 Å². The molecule has 0 saturated carbocycles. The zero-order valence-electron chi connectivity index (χ0n) is 20.3. The number of hydrogen-bond donors (Lipinski definition) is 1. The summed E-state index contributed by atoms with van der Waals surface area (Å²) in [5, 5.41) is 9.57. The van der Waals surface area contributed by atoms with Crippen molar-refractivity contribution in [2.24, 2.45) is 0 Å². The third-order valence-corrected chi connectivity index (χ3v) is 5.22. The van der Waals surface area contributed by atoms with Gasteiger partial charge in [-0.15, -0.1) is 0 Å². The van der Waals surface area contributed by atoms with E-state index >= 15 is 0 Å². The Labute approximate surface area is 192 Å². The van der Waals surface area contributed by atoms with Crippen LogP contribution in [0.25, 0.3) is 0 Å². The molecule has 0 amide bonds. The Balaban J connectivity index is 2.38. The van der Waals surface area contributed by atoms with Crippen LogP contribution < -0.4 is 0 Å². The van der Waals surface area contributed by atoms with Crippen molar-refractivity contribution >= 4 is 5.97 Å². The Kier molecular flexibility index (Phi) is 9.02. The maximum absolute atomic E-state index is 13.7. The lowest BCUT2D eigenvalue weighted by Gasteiger charge is -2.36. The second kappa shape index (κ2) is 11.1. The predicted octanol–water partition coefficient (Wildman–Crippen LogP) is 4.97. The molecule has 2 aromatic carbocycles. The number of aliphatic hydroxyl groups is 1. The molecule has 0 aromatic heterocycles. The van der Waals surface area contributed by atoms with Crippen LogP contribution in [0.4, 0.5) is 0 Å². The van der Waals surface area contributed by atoms with Gasteiger partial charge in [0, 0.05) is 6.61 Å². The van der Waals surface area contributed by atoms with Crippen molar-refractivity contribution in [3.8, 4) is 0 Å². The van der Waals surface area contributed by atoms with Gasteiger partial charge in [0.15, 0.2) is 0 Å². The molecule has 5 heteroatoms. The lowest BCUT2D eigenvalue weighted by Crippen LogP contribution is -2.46. The van der Waals surface area contributed by atoms with Crippen LogP contribution in [-0.2, 0) is 31.0 Å². The highest BCUT2D eigenvalue weighted by molar-refractivity contribution is 5.84. The molecule has 0 saturated heterocycles. The molecule has 0 bridgehead atoms. The topological polar surface area (TPSA) is 65.0 Å². The minimum Gasteiger partial charge on any atom is -0.459 e. The summed E-state index contributed by atoms with van der Waals surface area (Å²) in [6, 6.07) is 17.8. The van der Waals surface area contributed by atoms with Gasteiger partial charge in [-0.3, -0.25) is 4.79 Å². The monoisotopic (exact) mass is 442 g/mol. The van der Waals surface area contributed by atoms with Crippen LogP contribution >= 0.6 is 0 Å². The van der Waals surface area contributed by atoms with Gasteiger partial charge in [0.05, 0.1) is 25.4 Å². The van der Waals surface area contributed by atoms with E-state index in [9.17, 15) is 9.90 Å². The number of carbonyl (C=O) groups is 1. The molecule has 0 fully saturated rings. The average molecular weight is 443 g/mol. The minimum absolute atomic E-state index is 0.110. The van der Waals surface area contributed by atoms with Gasteiger partial charge in [0.2, 0.25) is 0 Å². The second-order valence-corrected chi connectivity index (χ2v) is 9.95. The van der Waals surface area contributed by atoms with Crippen molar-refractivity contribution in [1.29, 1.82) is 0 Å². The fraction of sp³-hybridized carbons (Fsp3) is 0.519. The molecule has 0 aliphatic rings. The Morgan fingerprint density at radius 1 is 0.969 bits per heavy atom. The molecule has 2 rings (SSSR count). The quantitative estimate of drug-likeness (QED) is 0.498. The van der Waals surface area contributed by atoms with Crippen LogP contribution in [0, 0.1) is 6.92 Å². The van der Waals surface area contributed by atoms with Gasteiger partial charge in [0.1, 0.15) is 11.0 Å². The SMILES string of the molecule is Cc1cccc(C(CCOC(C)(C)CO)(COCc2ccccc2)C(=O)OC(C)(C)C)c1. The molecular formula is C27H38O5. The lowest BCUT2D eigenvalue weighted by molar-refractivity contribution is -0.167. The number of aliphatic hydroxyl groups excluding tert-OH is 1. The van der Waals surface area contributed by atoms with E-state index in [4.69, 9.17) is 14.2 Å². The number of hydrogen-bond acceptors (Lipinski definition) is 5. The number of ether oxygens (including phenoxy) is 3. The normalized spacial score (nSPS) is 14.1. The number of aryl methyl sites for hydroxylation is 1. The van der Waals surface area contributed by atoms with Crippen molar-refractivity contribution in [1.82, 2.24) is 0 Å². The average Bonchev–Trinajstić information content (AvgIpc) is 2.72. The summed E-state index contributed by atoms with van der Waals surface area (Å²) >= 11 is 0. The molecule has 0 heterocycles. The zero-order chi connectivity index (χ0) is 23.8. The highest BCUT2D eigenvalue weighted by Gasteiger charge is 2.44. The number of esters is 1. The molecule has 1 unspecified atom stereocenters. The lowest BCUT2D eigenvalue weighted by atomic mass is 9.77. The van der Waals surface area contributed by atoms with Gasteiger partial charge < -0.3 is 19.3 Å². The summed E-state index contributed by atoms with van der Waals surface area (Å²) in [6.45, 7) is 11.9. The standard InChI is InChI=1S/C27H38O5/c1-21-11-10-14-23(17-21)27(24(29)32-25(2,3)4,15-16-31-26(5,6)19-28)20-30-18-22-12-8-7-9-13-22/h7-14,17,28H,15-16,18-20H2,1-6H3. The molecule has 0 spiro atoms. The molecule has 5 nitrogen and oxygen atoms in total. The first-order valence-electron chi connectivity index (χ1n) is 11.1. The molecule has 0 radical (unpaired) electrons. The van der Waals surface area contributed by atoms with Gasteiger partial charge in [-0.25, -0.2) is 0 Å². The van der Waals surface area contributed by atoms with E-state index in [1.54, 1.807) is 0 Å². The first-order valence-corrected chi connectivity index (χ1v) is 11.1. The van der Waals surface area contributed by atoms with Crippen LogP contribution in [0.5, 0.6) is 0 Å². The van der Waals surface area contributed by atoms with Crippen molar-refractivity contribution in [2.45, 2.75) is 71.2 Å². The molecule has 1 N–H and O–H groups in total. The van der Waals surface area contributed by atoms with Crippen molar-refractivity contribution < 1.29 is 24.1 Å². The molecule has 2 aromatic rings. The Hall–Kier alpha value is -2.21. The van der Waals surface area contributed by atoms with E-state index in [0.717, 1.165) is 16.7 Å². The molecule has 0 aliphatic heterocycles. The fourth-order valence-electron chi connectivity index (χ4n) is 3.36. The highest BCUT2D eigenvalue weighted by Crippen LogP contribution is 2.34. The summed E-state index contributed by atoms with van der Waals surface area (Å²) in [5.74, 6) is -0.339. The van der Waals surface area contributed by atoms with Gasteiger partial charge in [0.25, 0.3) is 0 Å². The third kappa shape index (κ3) is 7.73. The Morgan fingerprint density at radius 2 is 1.66 bits per heavy atom. The maximum Gasteiger partial charge on any atom is 0.319 e. The van der Waals surface area contributed by atoms with Gasteiger partial charge in [-0.05, 0) is 59.1 Å². The Morgan fingerprint density at radius 3 is 2.25 bits per heavy atom. The summed E-state index contributed by atoms with van der Waals surface area (Å²) in [6.07, 6.45) is 0.365. The molecular weight excluding hydrogens is 404 g/mol. The van der Waals surface area contributed by atoms with Crippen LogP contribution in [0.3, 0.4) is 0 Å². The summed E-state index contributed by atoms with van der Waals surface area (Å²) in [7, 11) is 0. The van der Waals surface area contributed by atoms with E-state index in [0.29, 0.717) is 13.0 Å². The van der Waals surface area contributed by atoms with Crippen molar-refractivity contribution in [3.63, 3.8) is 0 Å². The summed E-state index contributed by atoms with van der Waals surface area (Å²) < 4.78 is 17.9. The van der Waals surface area contributed by atoms with E-state index in [-0.39, 0.29) is 25.8 Å². The second-order valence-electron chi connectivity index (χ2n) is 9.95. The van der Waals surface area contributed by atoms with Crippen LogP contribution in [0.1, 0.15) is 57.7 Å². The molecule has 32 heavy (non-hydrogen) atoms. The van der Waals surface area contributed by atoms with Crippen molar-refractivity contribution in [3.05, 3.63) is 71.3 Å². The molecule has 1 atom stereocenters. The van der Waals surface area contributed by atoms with E-state index in [2.05, 4.69) is 0 Å². The zero-order valence-corrected chi connectivity index (χ0v) is 20.3. The number of carbonyl (C=O) groups excluding carboxylic acids is 1. The van der Waals surface area contributed by atoms with Gasteiger partial charge in [-0.1, -0.05) is 60.2 Å². The summed E-state index contributed by atoms with van der Waals surface area (Å²) in [5.41, 5.74) is 0.543. The van der Waals surface area contributed by atoms with Gasteiger partial charge in [-0.2, -0.15) is 0 Å². The van der Waals surface area contributed by atoms with E-state index in [1.807, 2.05) is 96.1 Å². The minimum atomic E-state index is -1.04. The number of benzene rings is 2. The first kappa shape index (κ1) is 26.0. The number of rotatable bonds is 11. The molecule has 176 valence electrons.